The van der Waals surface area contributed by atoms with Crippen LogP contribution in [0.15, 0.2) is 115 Å². The van der Waals surface area contributed by atoms with E-state index in [1.54, 1.807) is 74.7 Å². The third kappa shape index (κ3) is 11.8. The molecule has 3 aliphatic rings. The topological polar surface area (TPSA) is 298 Å². The van der Waals surface area contributed by atoms with E-state index in [1.165, 1.54) is 24.3 Å². The lowest BCUT2D eigenvalue weighted by atomic mass is 9.67. The Morgan fingerprint density at radius 3 is 1.94 bits per heavy atom. The number of carbonyl (C=O) groups excluding carboxylic acids is 3. The molecule has 69 heavy (non-hydrogen) atoms. The Kier molecular flexibility index (Phi) is 16.0. The third-order valence-electron chi connectivity index (χ3n) is 11.9. The predicted molar refractivity (Wildman–Crippen MR) is 251 cm³/mol. The fourth-order valence-electron chi connectivity index (χ4n) is 8.42. The fraction of sp³-hybridized carbons (Fsp3) is 0.240. The number of ketones is 1. The van der Waals surface area contributed by atoms with Gasteiger partial charge in [0.15, 0.2) is 0 Å². The molecule has 1 saturated carbocycles. The molecule has 1 heterocycles. The average molecular weight is 964 g/mol. The minimum atomic E-state index is -4.36. The molecule has 19 heteroatoms. The maximum atomic E-state index is 12.9. The summed E-state index contributed by atoms with van der Waals surface area (Å²) in [5.41, 5.74) is 11.8. The van der Waals surface area contributed by atoms with E-state index in [2.05, 4.69) is 34.9 Å². The van der Waals surface area contributed by atoms with Gasteiger partial charge in [-0.15, -0.1) is 0 Å². The van der Waals surface area contributed by atoms with Crippen LogP contribution in [-0.4, -0.2) is 93.2 Å². The molecule has 0 saturated heterocycles. The molecule has 0 spiro atoms. The lowest BCUT2D eigenvalue weighted by Gasteiger charge is -2.40. The second-order valence-electron chi connectivity index (χ2n) is 16.4. The van der Waals surface area contributed by atoms with Gasteiger partial charge in [0, 0.05) is 35.1 Å². The number of aliphatic carboxylic acids is 3. The Bertz CT molecular complexity index is 2830. The summed E-state index contributed by atoms with van der Waals surface area (Å²) in [5, 5.41) is 32.7. The van der Waals surface area contributed by atoms with E-state index >= 15 is 0 Å². The van der Waals surface area contributed by atoms with Gasteiger partial charge in [-0.3, -0.25) is 29.1 Å². The lowest BCUT2D eigenvalue weighted by molar-refractivity contribution is -0.150. The van der Waals surface area contributed by atoms with E-state index in [0.29, 0.717) is 45.9 Å². The summed E-state index contributed by atoms with van der Waals surface area (Å²) in [6, 6.07) is 32.5. The summed E-state index contributed by atoms with van der Waals surface area (Å²) >= 11 is 0. The van der Waals surface area contributed by atoms with Crippen LogP contribution in [0, 0.1) is 12.8 Å². The van der Waals surface area contributed by atoms with Crippen molar-refractivity contribution in [2.75, 3.05) is 27.0 Å². The van der Waals surface area contributed by atoms with Crippen molar-refractivity contribution in [3.8, 4) is 22.6 Å². The van der Waals surface area contributed by atoms with Crippen molar-refractivity contribution < 1.29 is 72.6 Å². The molecule has 0 bridgehead atoms. The number of carboxylic acids is 3. The number of nitrogens with two attached hydrogens (primary N) is 1. The number of carboxylic acid groups (broad SMARTS) is 3. The zero-order valence-corrected chi connectivity index (χ0v) is 38.5. The van der Waals surface area contributed by atoms with Gasteiger partial charge in [-0.05, 0) is 89.6 Å². The number of rotatable bonds is 14. The number of benzene rings is 5. The highest BCUT2D eigenvalue weighted by molar-refractivity contribution is 7.52. The van der Waals surface area contributed by atoms with Crippen molar-refractivity contribution in [1.82, 2.24) is 10.6 Å². The van der Waals surface area contributed by atoms with E-state index in [1.807, 2.05) is 24.3 Å². The molecular formula is C50H50N3O15P. The van der Waals surface area contributed by atoms with Crippen molar-refractivity contribution in [2.24, 2.45) is 11.7 Å². The largest absolute Gasteiger partial charge is 0.496 e. The summed E-state index contributed by atoms with van der Waals surface area (Å²) in [6.07, 6.45) is 0.407. The van der Waals surface area contributed by atoms with E-state index in [0.717, 1.165) is 16.7 Å². The molecule has 2 aliphatic carbocycles. The second-order valence-corrected chi connectivity index (χ2v) is 18.1. The maximum absolute atomic E-state index is 12.9. The van der Waals surface area contributed by atoms with Gasteiger partial charge in [-0.2, -0.15) is 0 Å². The number of hydrogen-bond acceptors (Lipinski definition) is 12. The minimum Gasteiger partial charge on any atom is -0.496 e. The number of amides is 1. The number of fused-ring (bicyclic) bond motifs is 4. The highest BCUT2D eigenvalue weighted by atomic mass is 31.2. The molecule has 1 amide bonds. The fourth-order valence-corrected chi connectivity index (χ4v) is 9.08. The molecule has 1 fully saturated rings. The zero-order valence-electron chi connectivity index (χ0n) is 37.6. The second kappa shape index (κ2) is 21.7. The van der Waals surface area contributed by atoms with Crippen molar-refractivity contribution in [1.29, 1.82) is 0 Å². The van der Waals surface area contributed by atoms with E-state index < -0.39 is 66.8 Å². The first-order valence-corrected chi connectivity index (χ1v) is 23.1. The smallest absolute Gasteiger partial charge is 0.352 e. The first-order chi connectivity index (χ1) is 32.8. The first kappa shape index (κ1) is 50.9. The molecule has 5 aromatic carbocycles. The minimum absolute atomic E-state index is 0.00648. The highest BCUT2D eigenvalue weighted by Crippen LogP contribution is 2.45. The molecule has 1 atom stereocenters. The molecule has 9 N–H and O–H groups in total. The summed E-state index contributed by atoms with van der Waals surface area (Å²) < 4.78 is 26.8. The number of Topliss-reactive ketones (excluding diaryl/α,β-unsaturated/α-hetero) is 1. The lowest BCUT2D eigenvalue weighted by Crippen LogP contribution is -2.59. The Labute approximate surface area is 395 Å². The monoisotopic (exact) mass is 963 g/mol. The van der Waals surface area contributed by atoms with Gasteiger partial charge in [0.25, 0.3) is 5.91 Å². The molecule has 0 radical (unpaired) electrons. The van der Waals surface area contributed by atoms with Crippen molar-refractivity contribution >= 4 is 49.2 Å². The van der Waals surface area contributed by atoms with Crippen LogP contribution in [0.1, 0.15) is 78.9 Å². The number of nitrogens with one attached hydrogen (secondary N) is 2. The van der Waals surface area contributed by atoms with Gasteiger partial charge in [-0.1, -0.05) is 78.9 Å². The van der Waals surface area contributed by atoms with Crippen LogP contribution in [0.25, 0.3) is 17.2 Å². The van der Waals surface area contributed by atoms with E-state index in [4.69, 9.17) is 34.8 Å². The normalized spacial score (nSPS) is 17.7. The Morgan fingerprint density at radius 2 is 1.39 bits per heavy atom. The number of esters is 1. The molecule has 5 aromatic rings. The van der Waals surface area contributed by atoms with Crippen LogP contribution in [0.2, 0.25) is 0 Å². The van der Waals surface area contributed by atoms with Crippen LogP contribution in [0.5, 0.6) is 11.5 Å². The molecule has 18 nitrogen and oxygen atoms in total. The van der Waals surface area contributed by atoms with Crippen LogP contribution in [-0.2, 0) is 35.0 Å². The summed E-state index contributed by atoms with van der Waals surface area (Å²) in [4.78, 5) is 86.9. The molecule has 0 unspecified atom stereocenters. The van der Waals surface area contributed by atoms with Gasteiger partial charge < -0.3 is 50.4 Å². The van der Waals surface area contributed by atoms with Gasteiger partial charge in [0.2, 0.25) is 0 Å². The Morgan fingerprint density at radius 1 is 0.797 bits per heavy atom. The summed E-state index contributed by atoms with van der Waals surface area (Å²) in [5.74, 6) is -4.48. The van der Waals surface area contributed by atoms with Gasteiger partial charge in [0.1, 0.15) is 47.3 Å². The molecule has 360 valence electrons. The number of carbonyl (C=O) groups is 6. The van der Waals surface area contributed by atoms with Crippen LogP contribution < -0.4 is 25.8 Å². The SMILES string of the molecule is COc1ccc(C=C(NC(=O)c2ccccc2)C(=O)O)c(OC)c1C.NC1(C(=O)O)CC(C(=O)CP(=O)(O)O)C1.O=C(OCC1c2ccccc2-c2ccccc21)c1cccc2c1CN[C@H]2C(=O)O. The summed E-state index contributed by atoms with van der Waals surface area (Å²) in [6.45, 7) is 2.39. The summed E-state index contributed by atoms with van der Waals surface area (Å²) in [7, 11) is -1.33. The number of hydrogen-bond donors (Lipinski definition) is 8. The highest BCUT2D eigenvalue weighted by Gasteiger charge is 2.50. The van der Waals surface area contributed by atoms with Crippen LogP contribution >= 0.6 is 7.60 Å². The molecule has 0 aromatic heterocycles. The standard InChI is InChI=1S/C24H19NO4.C19H19NO5.C7H12NO6P/c26-23(27)22-18-10-5-11-19(20(18)12-25-22)24(28)29-13-21-16-8-3-1-6-14(16)15-7-2-4-9-17(15)21;1-12-16(24-2)10-9-14(17(12)25-3)11-15(19(22)23)20-18(21)13-7-5-4-6-8-13;8-7(6(10)11)1-4(2-7)5(9)3-15(12,13)14/h1-11,21-22,25H,12-13H2,(H,26,27);4-11H,1-3H3,(H,20,21)(H,22,23);4H,1-3,8H2,(H,10,11)(H2,12,13,14)/t22-;;/m1../s1. The van der Waals surface area contributed by atoms with Crippen molar-refractivity contribution in [3.05, 3.63) is 159 Å². The van der Waals surface area contributed by atoms with Crippen molar-refractivity contribution in [3.63, 3.8) is 0 Å². The zero-order chi connectivity index (χ0) is 50.2. The molecule has 8 rings (SSSR count). The van der Waals surface area contributed by atoms with Crippen LogP contribution in [0.4, 0.5) is 0 Å². The van der Waals surface area contributed by atoms with Crippen molar-refractivity contribution in [2.45, 2.75) is 43.8 Å². The number of methoxy groups -OCH3 is 2. The van der Waals surface area contributed by atoms with Crippen LogP contribution in [0.3, 0.4) is 0 Å². The molecular weight excluding hydrogens is 914 g/mol. The quantitative estimate of drug-likeness (QED) is 0.0377. The maximum Gasteiger partial charge on any atom is 0.352 e. The molecule has 1 aliphatic heterocycles. The van der Waals surface area contributed by atoms with E-state index in [-0.39, 0.29) is 31.1 Å². The Balaban J connectivity index is 0.000000179. The van der Waals surface area contributed by atoms with E-state index in [9.17, 15) is 43.5 Å². The predicted octanol–water partition coefficient (Wildman–Crippen LogP) is 5.68. The van der Waals surface area contributed by atoms with Gasteiger partial charge in [-0.25, -0.2) is 9.59 Å². The Hall–Kier alpha value is -7.47. The third-order valence-corrected chi connectivity index (χ3v) is 12.6. The van der Waals surface area contributed by atoms with Gasteiger partial charge in [0.05, 0.1) is 19.8 Å². The number of ether oxygens (including phenoxy) is 3. The van der Waals surface area contributed by atoms with Gasteiger partial charge >= 0.3 is 31.5 Å². The average Bonchev–Trinajstić information content (AvgIpc) is 3.89. The first-order valence-electron chi connectivity index (χ1n) is 21.3.